The normalized spacial score (nSPS) is 17.9. The molecular formula is C23H30N4O3S. The van der Waals surface area contributed by atoms with Crippen molar-refractivity contribution in [1.29, 1.82) is 5.41 Å². The van der Waals surface area contributed by atoms with E-state index in [1.54, 1.807) is 4.31 Å². The van der Waals surface area contributed by atoms with Crippen LogP contribution in [0.5, 0.6) is 5.75 Å². The first-order valence-electron chi connectivity index (χ1n) is 10.8. The largest absolute Gasteiger partial charge is 0.493 e. The molecular weight excluding hydrogens is 412 g/mol. The minimum absolute atomic E-state index is 0.0570. The smallest absolute Gasteiger partial charge is 0.218 e. The SMILES string of the molecule is N=C(N)N1CCc2ccc(OCC3CCN(S(=O)(=O)Cc4ccccc4)CC3)cc2C1. The molecule has 1 saturated heterocycles. The Morgan fingerprint density at radius 1 is 1.06 bits per heavy atom. The van der Waals surface area contributed by atoms with Gasteiger partial charge in [-0.3, -0.25) is 5.41 Å². The first-order valence-corrected chi connectivity index (χ1v) is 12.4. The van der Waals surface area contributed by atoms with Gasteiger partial charge in [-0.05, 0) is 54.0 Å². The Bertz CT molecular complexity index is 1020. The quantitative estimate of drug-likeness (QED) is 0.529. The standard InChI is InChI=1S/C23H30N4O3S/c24-23(25)26-11-10-20-6-7-22(14-21(20)15-26)30-16-18-8-12-27(13-9-18)31(28,29)17-19-4-2-1-3-5-19/h1-7,14,18H,8-13,15-17H2,(H3,24,25). The molecule has 4 rings (SSSR count). The van der Waals surface area contributed by atoms with E-state index in [1.165, 1.54) is 5.56 Å². The van der Waals surface area contributed by atoms with Gasteiger partial charge in [0.1, 0.15) is 5.75 Å². The van der Waals surface area contributed by atoms with Crippen molar-refractivity contribution in [2.24, 2.45) is 11.7 Å². The van der Waals surface area contributed by atoms with Crippen molar-refractivity contribution < 1.29 is 13.2 Å². The lowest BCUT2D eigenvalue weighted by molar-refractivity contribution is 0.185. The highest BCUT2D eigenvalue weighted by atomic mass is 32.2. The molecule has 0 saturated carbocycles. The van der Waals surface area contributed by atoms with Crippen molar-refractivity contribution in [3.8, 4) is 5.75 Å². The maximum atomic E-state index is 12.7. The Balaban J connectivity index is 1.28. The van der Waals surface area contributed by atoms with Crippen LogP contribution < -0.4 is 10.5 Å². The number of nitrogens with one attached hydrogen (secondary N) is 1. The minimum Gasteiger partial charge on any atom is -0.493 e. The Kier molecular flexibility index (Phi) is 6.48. The number of rotatable bonds is 6. The molecule has 2 aliphatic heterocycles. The van der Waals surface area contributed by atoms with Crippen LogP contribution in [0.3, 0.4) is 0 Å². The van der Waals surface area contributed by atoms with Gasteiger partial charge in [-0.25, -0.2) is 12.7 Å². The Morgan fingerprint density at radius 3 is 2.52 bits per heavy atom. The van der Waals surface area contributed by atoms with Crippen LogP contribution in [0, 0.1) is 11.3 Å². The molecule has 1 fully saturated rings. The molecule has 166 valence electrons. The number of hydrogen-bond donors (Lipinski definition) is 2. The van der Waals surface area contributed by atoms with E-state index < -0.39 is 10.0 Å². The molecule has 0 radical (unpaired) electrons. The number of guanidine groups is 1. The molecule has 0 atom stereocenters. The molecule has 2 heterocycles. The molecule has 0 unspecified atom stereocenters. The number of sulfonamides is 1. The summed E-state index contributed by atoms with van der Waals surface area (Å²) >= 11 is 0. The van der Waals surface area contributed by atoms with Crippen LogP contribution in [0.15, 0.2) is 48.5 Å². The number of benzene rings is 2. The average molecular weight is 443 g/mol. The molecule has 0 aliphatic carbocycles. The summed E-state index contributed by atoms with van der Waals surface area (Å²) in [7, 11) is -3.29. The van der Waals surface area contributed by atoms with E-state index in [0.717, 1.165) is 42.7 Å². The highest BCUT2D eigenvalue weighted by molar-refractivity contribution is 7.88. The average Bonchev–Trinajstić information content (AvgIpc) is 2.78. The van der Waals surface area contributed by atoms with Crippen LogP contribution in [0.4, 0.5) is 0 Å². The summed E-state index contributed by atoms with van der Waals surface area (Å²) in [5.41, 5.74) is 8.89. The third-order valence-corrected chi connectivity index (χ3v) is 8.03. The Hall–Kier alpha value is -2.58. The molecule has 3 N–H and O–H groups in total. The van der Waals surface area contributed by atoms with Crippen LogP contribution >= 0.6 is 0 Å². The van der Waals surface area contributed by atoms with E-state index >= 15 is 0 Å². The van der Waals surface area contributed by atoms with Crippen molar-refractivity contribution in [1.82, 2.24) is 9.21 Å². The summed E-state index contributed by atoms with van der Waals surface area (Å²) in [5.74, 6) is 1.32. The van der Waals surface area contributed by atoms with Crippen molar-refractivity contribution in [3.63, 3.8) is 0 Å². The zero-order valence-corrected chi connectivity index (χ0v) is 18.5. The van der Waals surface area contributed by atoms with E-state index in [1.807, 2.05) is 47.4 Å². The van der Waals surface area contributed by atoms with Crippen LogP contribution in [-0.2, 0) is 28.7 Å². The first kappa shape index (κ1) is 21.6. The molecule has 31 heavy (non-hydrogen) atoms. The second kappa shape index (κ2) is 9.28. The highest BCUT2D eigenvalue weighted by Crippen LogP contribution is 2.26. The fraction of sp³-hybridized carbons (Fsp3) is 0.435. The second-order valence-corrected chi connectivity index (χ2v) is 10.4. The van der Waals surface area contributed by atoms with Crippen molar-refractivity contribution in [3.05, 3.63) is 65.2 Å². The molecule has 7 nitrogen and oxygen atoms in total. The van der Waals surface area contributed by atoms with E-state index in [-0.39, 0.29) is 11.7 Å². The van der Waals surface area contributed by atoms with Crippen molar-refractivity contribution in [2.75, 3.05) is 26.2 Å². The van der Waals surface area contributed by atoms with E-state index in [4.69, 9.17) is 15.9 Å². The zero-order valence-electron chi connectivity index (χ0n) is 17.7. The Labute approximate surface area is 184 Å². The van der Waals surface area contributed by atoms with Crippen molar-refractivity contribution >= 4 is 16.0 Å². The molecule has 0 amide bonds. The number of nitrogens with zero attached hydrogens (tertiary/aromatic N) is 2. The lowest BCUT2D eigenvalue weighted by atomic mass is 9.98. The van der Waals surface area contributed by atoms with Gasteiger partial charge in [0.2, 0.25) is 10.0 Å². The summed E-state index contributed by atoms with van der Waals surface area (Å²) in [6, 6.07) is 15.5. The summed E-state index contributed by atoms with van der Waals surface area (Å²) in [5, 5.41) is 7.65. The van der Waals surface area contributed by atoms with Gasteiger partial charge in [0.05, 0.1) is 12.4 Å². The van der Waals surface area contributed by atoms with E-state index in [2.05, 4.69) is 6.07 Å². The molecule has 0 spiro atoms. The summed E-state index contributed by atoms with van der Waals surface area (Å²) in [4.78, 5) is 1.86. The van der Waals surface area contributed by atoms with Gasteiger partial charge < -0.3 is 15.4 Å². The lowest BCUT2D eigenvalue weighted by Gasteiger charge is -2.31. The third-order valence-electron chi connectivity index (χ3n) is 6.18. The van der Waals surface area contributed by atoms with Gasteiger partial charge in [0.25, 0.3) is 0 Å². The monoisotopic (exact) mass is 442 g/mol. The van der Waals surface area contributed by atoms with Crippen LogP contribution in [0.2, 0.25) is 0 Å². The van der Waals surface area contributed by atoms with Crippen molar-refractivity contribution in [2.45, 2.75) is 31.6 Å². The van der Waals surface area contributed by atoms with E-state index in [9.17, 15) is 8.42 Å². The van der Waals surface area contributed by atoms with Gasteiger partial charge >= 0.3 is 0 Å². The van der Waals surface area contributed by atoms with Gasteiger partial charge in [-0.1, -0.05) is 36.4 Å². The van der Waals surface area contributed by atoms with Gasteiger partial charge in [0.15, 0.2) is 5.96 Å². The maximum Gasteiger partial charge on any atom is 0.218 e. The second-order valence-electron chi connectivity index (χ2n) is 8.38. The fourth-order valence-electron chi connectivity index (χ4n) is 4.27. The lowest BCUT2D eigenvalue weighted by Crippen LogP contribution is -2.40. The summed E-state index contributed by atoms with van der Waals surface area (Å²) in [6.07, 6.45) is 2.49. The predicted molar refractivity (Wildman–Crippen MR) is 121 cm³/mol. The van der Waals surface area contributed by atoms with E-state index in [0.29, 0.717) is 32.2 Å². The first-order chi connectivity index (χ1) is 14.9. The fourth-order valence-corrected chi connectivity index (χ4v) is 5.84. The number of nitrogens with two attached hydrogens (primary N) is 1. The molecule has 8 heteroatoms. The number of piperidine rings is 1. The topological polar surface area (TPSA) is 99.7 Å². The van der Waals surface area contributed by atoms with Crippen LogP contribution in [0.25, 0.3) is 0 Å². The molecule has 2 aromatic rings. The van der Waals surface area contributed by atoms with Gasteiger partial charge in [-0.2, -0.15) is 0 Å². The highest BCUT2D eigenvalue weighted by Gasteiger charge is 2.28. The number of fused-ring (bicyclic) bond motifs is 1. The molecule has 2 aliphatic rings. The summed E-state index contributed by atoms with van der Waals surface area (Å²) < 4.78 is 33.1. The molecule has 2 aromatic carbocycles. The number of ether oxygens (including phenoxy) is 1. The van der Waals surface area contributed by atoms with Crippen LogP contribution in [0.1, 0.15) is 29.5 Å². The van der Waals surface area contributed by atoms with Gasteiger partial charge in [0, 0.05) is 26.2 Å². The molecule has 0 bridgehead atoms. The predicted octanol–water partition coefficient (Wildman–Crippen LogP) is 2.56. The number of hydrogen-bond acceptors (Lipinski definition) is 4. The van der Waals surface area contributed by atoms with Crippen LogP contribution in [-0.4, -0.2) is 49.8 Å². The summed E-state index contributed by atoms with van der Waals surface area (Å²) in [6.45, 7) is 3.08. The zero-order chi connectivity index (χ0) is 21.8. The van der Waals surface area contributed by atoms with Gasteiger partial charge in [-0.15, -0.1) is 0 Å². The third kappa shape index (κ3) is 5.37. The molecule has 0 aromatic heterocycles. The minimum atomic E-state index is -3.29. The Morgan fingerprint density at radius 2 is 1.81 bits per heavy atom. The maximum absolute atomic E-state index is 12.7.